The lowest BCUT2D eigenvalue weighted by atomic mass is 9.92. The van der Waals surface area contributed by atoms with E-state index in [0.717, 1.165) is 18.5 Å². The summed E-state index contributed by atoms with van der Waals surface area (Å²) in [5.74, 6) is 1.06. The van der Waals surface area contributed by atoms with Crippen molar-refractivity contribution in [1.29, 1.82) is 0 Å². The van der Waals surface area contributed by atoms with Gasteiger partial charge in [-0.2, -0.15) is 5.10 Å². The van der Waals surface area contributed by atoms with Crippen molar-refractivity contribution in [3.63, 3.8) is 0 Å². The summed E-state index contributed by atoms with van der Waals surface area (Å²) < 4.78 is 11.7. The number of ether oxygens (including phenoxy) is 2. The summed E-state index contributed by atoms with van der Waals surface area (Å²) in [6, 6.07) is 6.97. The van der Waals surface area contributed by atoms with E-state index in [-0.39, 0.29) is 17.7 Å². The molecule has 1 fully saturated rings. The Kier molecular flexibility index (Phi) is 4.94. The van der Waals surface area contributed by atoms with Crippen LogP contribution in [0.5, 0.6) is 11.5 Å². The highest BCUT2D eigenvalue weighted by molar-refractivity contribution is 5.97. The van der Waals surface area contributed by atoms with E-state index in [2.05, 4.69) is 15.5 Å². The summed E-state index contributed by atoms with van der Waals surface area (Å²) in [5.41, 5.74) is 1.13. The number of aromatic nitrogens is 2. The number of amides is 2. The predicted octanol–water partition coefficient (Wildman–Crippen LogP) is 2.34. The number of methoxy groups -OCH3 is 1. The Morgan fingerprint density at radius 3 is 2.90 bits per heavy atom. The molecule has 3 heterocycles. The van der Waals surface area contributed by atoms with Gasteiger partial charge in [0.2, 0.25) is 0 Å². The number of piperidine rings is 1. The summed E-state index contributed by atoms with van der Waals surface area (Å²) in [5, 5.41) is 10.1. The molecule has 0 bridgehead atoms. The van der Waals surface area contributed by atoms with Gasteiger partial charge in [-0.3, -0.25) is 14.7 Å². The molecule has 1 aromatic carbocycles. The van der Waals surface area contributed by atoms with Crippen LogP contribution in [0.15, 0.2) is 24.3 Å². The monoisotopic (exact) mass is 398 g/mol. The molecule has 2 aliphatic rings. The second-order valence-corrected chi connectivity index (χ2v) is 8.02. The van der Waals surface area contributed by atoms with Crippen LogP contribution in [0, 0.1) is 0 Å². The van der Waals surface area contributed by atoms with Crippen LogP contribution >= 0.6 is 0 Å². The second-order valence-electron chi connectivity index (χ2n) is 8.02. The minimum absolute atomic E-state index is 0.128. The van der Waals surface area contributed by atoms with E-state index < -0.39 is 5.60 Å². The lowest BCUT2D eigenvalue weighted by Crippen LogP contribution is -2.57. The van der Waals surface area contributed by atoms with Gasteiger partial charge in [-0.25, -0.2) is 0 Å². The van der Waals surface area contributed by atoms with Crippen molar-refractivity contribution in [1.82, 2.24) is 20.4 Å². The molecule has 4 rings (SSSR count). The highest BCUT2D eigenvalue weighted by atomic mass is 16.5. The number of nitrogens with one attached hydrogen (secondary N) is 2. The number of H-pyrrole nitrogens is 1. The molecule has 1 saturated heterocycles. The Balaban J connectivity index is 1.59. The van der Waals surface area contributed by atoms with E-state index in [1.807, 2.05) is 19.9 Å². The molecule has 0 aliphatic carbocycles. The van der Waals surface area contributed by atoms with Gasteiger partial charge in [-0.05, 0) is 37.0 Å². The number of rotatable bonds is 3. The summed E-state index contributed by atoms with van der Waals surface area (Å²) in [6.45, 7) is 5.45. The lowest BCUT2D eigenvalue weighted by molar-refractivity contribution is -0.00118. The molecule has 0 radical (unpaired) electrons. The molecule has 1 unspecified atom stereocenters. The Labute approximate surface area is 169 Å². The van der Waals surface area contributed by atoms with Crippen LogP contribution in [-0.4, -0.2) is 59.3 Å². The van der Waals surface area contributed by atoms with Gasteiger partial charge < -0.3 is 19.7 Å². The molecule has 2 amide bonds. The first kappa shape index (κ1) is 19.3. The number of carbonyl (C=O) groups excluding carboxylic acids is 2. The van der Waals surface area contributed by atoms with Gasteiger partial charge in [-0.1, -0.05) is 13.8 Å². The number of likely N-dealkylation sites (tertiary alicyclic amines) is 1. The fraction of sp³-hybridized carbons (Fsp3) is 0.476. The Bertz CT molecular complexity index is 939. The summed E-state index contributed by atoms with van der Waals surface area (Å²) in [6.07, 6.45) is 1.52. The number of nitrogens with zero attached hydrogens (tertiary/aromatic N) is 2. The minimum Gasteiger partial charge on any atom is -0.497 e. The zero-order valence-electron chi connectivity index (χ0n) is 16.9. The third-order valence-electron chi connectivity index (χ3n) is 5.60. The van der Waals surface area contributed by atoms with Gasteiger partial charge in [0.1, 0.15) is 22.8 Å². The third kappa shape index (κ3) is 3.66. The van der Waals surface area contributed by atoms with Crippen molar-refractivity contribution < 1.29 is 19.1 Å². The van der Waals surface area contributed by atoms with E-state index in [9.17, 15) is 9.59 Å². The molecule has 2 N–H and O–H groups in total. The van der Waals surface area contributed by atoms with Gasteiger partial charge in [0.15, 0.2) is 0 Å². The number of hydrogen-bond acceptors (Lipinski definition) is 5. The SMILES string of the molecule is COc1ccc2c(c1)OC1(CCCN(C(=O)c3cc(C(C)C)[nH]n3)C1)CNC2=O. The standard InChI is InChI=1S/C21H26N4O4/c1-13(2)16-10-17(24-23-16)20(27)25-8-4-7-21(12-25)11-22-19(26)15-6-5-14(28-3)9-18(15)29-21/h5-6,9-10,13H,4,7-8,11-12H2,1-3H3,(H,22,26)(H,23,24). The fourth-order valence-electron chi connectivity index (χ4n) is 3.91. The molecular weight excluding hydrogens is 372 g/mol. The van der Waals surface area contributed by atoms with Crippen LogP contribution in [0.1, 0.15) is 59.1 Å². The van der Waals surface area contributed by atoms with Crippen LogP contribution in [0.4, 0.5) is 0 Å². The van der Waals surface area contributed by atoms with Crippen LogP contribution in [-0.2, 0) is 0 Å². The fourth-order valence-corrected chi connectivity index (χ4v) is 3.91. The minimum atomic E-state index is -0.682. The van der Waals surface area contributed by atoms with E-state index in [1.165, 1.54) is 0 Å². The largest absolute Gasteiger partial charge is 0.497 e. The smallest absolute Gasteiger partial charge is 0.274 e. The molecule has 154 valence electrons. The highest BCUT2D eigenvalue weighted by Gasteiger charge is 2.42. The Hall–Kier alpha value is -3.03. The van der Waals surface area contributed by atoms with Gasteiger partial charge in [0, 0.05) is 18.3 Å². The molecule has 1 aromatic heterocycles. The first-order chi connectivity index (χ1) is 13.9. The van der Waals surface area contributed by atoms with Crippen molar-refractivity contribution in [3.05, 3.63) is 41.2 Å². The molecule has 29 heavy (non-hydrogen) atoms. The molecule has 1 spiro atoms. The van der Waals surface area contributed by atoms with Crippen LogP contribution in [0.3, 0.4) is 0 Å². The van der Waals surface area contributed by atoms with Crippen LogP contribution in [0.25, 0.3) is 0 Å². The maximum absolute atomic E-state index is 13.0. The van der Waals surface area contributed by atoms with Crippen LogP contribution in [0.2, 0.25) is 0 Å². The molecule has 2 aliphatic heterocycles. The summed E-state index contributed by atoms with van der Waals surface area (Å²) in [4.78, 5) is 27.3. The maximum Gasteiger partial charge on any atom is 0.274 e. The molecule has 8 nitrogen and oxygen atoms in total. The summed E-state index contributed by atoms with van der Waals surface area (Å²) in [7, 11) is 1.57. The second kappa shape index (κ2) is 7.42. The molecule has 1 atom stereocenters. The van der Waals surface area contributed by atoms with Crippen molar-refractivity contribution >= 4 is 11.8 Å². The maximum atomic E-state index is 13.0. The number of carbonyl (C=O) groups is 2. The lowest BCUT2D eigenvalue weighted by Gasteiger charge is -2.41. The van der Waals surface area contributed by atoms with Gasteiger partial charge in [0.05, 0.1) is 25.8 Å². The van der Waals surface area contributed by atoms with E-state index in [1.54, 1.807) is 30.2 Å². The van der Waals surface area contributed by atoms with Gasteiger partial charge in [0.25, 0.3) is 11.8 Å². The zero-order valence-corrected chi connectivity index (χ0v) is 16.9. The van der Waals surface area contributed by atoms with Crippen molar-refractivity contribution in [3.8, 4) is 11.5 Å². The van der Waals surface area contributed by atoms with Crippen molar-refractivity contribution in [2.24, 2.45) is 0 Å². The quantitative estimate of drug-likeness (QED) is 0.827. The molecular formula is C21H26N4O4. The number of hydrogen-bond donors (Lipinski definition) is 2. The first-order valence-corrected chi connectivity index (χ1v) is 9.91. The van der Waals surface area contributed by atoms with Crippen molar-refractivity contribution in [2.75, 3.05) is 26.7 Å². The van der Waals surface area contributed by atoms with E-state index in [0.29, 0.717) is 42.4 Å². The van der Waals surface area contributed by atoms with Crippen molar-refractivity contribution in [2.45, 2.75) is 38.2 Å². The molecule has 8 heteroatoms. The first-order valence-electron chi connectivity index (χ1n) is 9.91. The van der Waals surface area contributed by atoms with E-state index >= 15 is 0 Å². The summed E-state index contributed by atoms with van der Waals surface area (Å²) >= 11 is 0. The highest BCUT2D eigenvalue weighted by Crippen LogP contribution is 2.34. The van der Waals surface area contributed by atoms with Gasteiger partial charge >= 0.3 is 0 Å². The average Bonchev–Trinajstić information content (AvgIpc) is 3.18. The zero-order chi connectivity index (χ0) is 20.6. The number of aromatic amines is 1. The third-order valence-corrected chi connectivity index (χ3v) is 5.60. The molecule has 2 aromatic rings. The number of fused-ring (bicyclic) bond motifs is 1. The Morgan fingerprint density at radius 2 is 2.17 bits per heavy atom. The Morgan fingerprint density at radius 1 is 1.34 bits per heavy atom. The van der Waals surface area contributed by atoms with Gasteiger partial charge in [-0.15, -0.1) is 0 Å². The predicted molar refractivity (Wildman–Crippen MR) is 107 cm³/mol. The normalized spacial score (nSPS) is 21.4. The average molecular weight is 398 g/mol. The molecule has 0 saturated carbocycles. The van der Waals surface area contributed by atoms with E-state index in [4.69, 9.17) is 9.47 Å². The number of benzene rings is 1. The van der Waals surface area contributed by atoms with Crippen LogP contribution < -0.4 is 14.8 Å². The topological polar surface area (TPSA) is 96.6 Å².